The van der Waals surface area contributed by atoms with Gasteiger partial charge in [0.1, 0.15) is 12.3 Å². The molecule has 1 N–H and O–H groups in total. The van der Waals surface area contributed by atoms with E-state index in [0.29, 0.717) is 12.3 Å². The highest BCUT2D eigenvalue weighted by atomic mass is 79.9. The zero-order chi connectivity index (χ0) is 23.1. The standard InChI is InChI=1S/C24H25BrN2O4S/c1-3-31-22-15-9-19(10-16-22)18(2)26-24(28)17-27(21-13-11-20(25)12-14-21)32(29,30)23-7-5-4-6-8-23/h4-16,18H,3,17H2,1-2H3,(H,26,28). The predicted molar refractivity (Wildman–Crippen MR) is 129 cm³/mol. The lowest BCUT2D eigenvalue weighted by Gasteiger charge is -2.25. The Labute approximate surface area is 197 Å². The molecule has 0 heterocycles. The van der Waals surface area contributed by atoms with Crippen molar-refractivity contribution in [2.24, 2.45) is 0 Å². The van der Waals surface area contributed by atoms with Gasteiger partial charge in [-0.15, -0.1) is 0 Å². The van der Waals surface area contributed by atoms with E-state index in [0.717, 1.165) is 20.1 Å². The molecule has 3 rings (SSSR count). The summed E-state index contributed by atoms with van der Waals surface area (Å²) in [7, 11) is -3.93. The Hall–Kier alpha value is -2.84. The van der Waals surface area contributed by atoms with Crippen LogP contribution >= 0.6 is 15.9 Å². The van der Waals surface area contributed by atoms with Crippen molar-refractivity contribution in [3.8, 4) is 5.75 Å². The molecule has 3 aromatic carbocycles. The van der Waals surface area contributed by atoms with Gasteiger partial charge >= 0.3 is 0 Å². The number of nitrogens with zero attached hydrogens (tertiary/aromatic N) is 1. The first-order chi connectivity index (χ1) is 15.3. The molecule has 0 aliphatic heterocycles. The van der Waals surface area contributed by atoms with Crippen LogP contribution in [0.5, 0.6) is 5.75 Å². The van der Waals surface area contributed by atoms with Gasteiger partial charge in [-0.1, -0.05) is 46.3 Å². The number of carbonyl (C=O) groups excluding carboxylic acids is 1. The molecule has 32 heavy (non-hydrogen) atoms. The molecule has 6 nitrogen and oxygen atoms in total. The minimum atomic E-state index is -3.93. The van der Waals surface area contributed by atoms with Crippen LogP contribution in [0.15, 0.2) is 88.2 Å². The van der Waals surface area contributed by atoms with Crippen LogP contribution in [0.4, 0.5) is 5.69 Å². The van der Waals surface area contributed by atoms with Crippen LogP contribution in [0.2, 0.25) is 0 Å². The first kappa shape index (κ1) is 23.8. The summed E-state index contributed by atoms with van der Waals surface area (Å²) in [6.45, 7) is 3.99. The third kappa shape index (κ3) is 5.89. The van der Waals surface area contributed by atoms with Crippen molar-refractivity contribution in [3.05, 3.63) is 88.9 Å². The van der Waals surface area contributed by atoms with Crippen molar-refractivity contribution in [1.82, 2.24) is 5.32 Å². The molecule has 0 aliphatic rings. The summed E-state index contributed by atoms with van der Waals surface area (Å²) in [6, 6.07) is 22.0. The second-order valence-electron chi connectivity index (χ2n) is 7.09. The number of benzene rings is 3. The average molecular weight is 517 g/mol. The van der Waals surface area contributed by atoms with Gasteiger partial charge in [-0.2, -0.15) is 0 Å². The lowest BCUT2D eigenvalue weighted by Crippen LogP contribution is -2.41. The molecule has 1 amide bonds. The van der Waals surface area contributed by atoms with E-state index in [1.807, 2.05) is 38.1 Å². The fourth-order valence-electron chi connectivity index (χ4n) is 3.16. The number of halogens is 1. The molecular formula is C24H25BrN2O4S. The van der Waals surface area contributed by atoms with Gasteiger partial charge in [0.25, 0.3) is 10.0 Å². The topological polar surface area (TPSA) is 75.7 Å². The Balaban J connectivity index is 1.81. The number of sulfonamides is 1. The summed E-state index contributed by atoms with van der Waals surface area (Å²) in [4.78, 5) is 13.0. The van der Waals surface area contributed by atoms with E-state index < -0.39 is 15.9 Å². The van der Waals surface area contributed by atoms with E-state index in [2.05, 4.69) is 21.2 Å². The molecule has 0 spiro atoms. The Kier molecular flexibility index (Phi) is 7.93. The Morgan fingerprint density at radius 3 is 2.22 bits per heavy atom. The molecule has 8 heteroatoms. The lowest BCUT2D eigenvalue weighted by molar-refractivity contribution is -0.120. The van der Waals surface area contributed by atoms with Crippen LogP contribution in [-0.2, 0) is 14.8 Å². The van der Waals surface area contributed by atoms with Gasteiger partial charge in [-0.3, -0.25) is 9.10 Å². The van der Waals surface area contributed by atoms with Crippen molar-refractivity contribution in [1.29, 1.82) is 0 Å². The van der Waals surface area contributed by atoms with Gasteiger partial charge < -0.3 is 10.1 Å². The minimum absolute atomic E-state index is 0.121. The normalized spacial score (nSPS) is 12.1. The fraction of sp³-hybridized carbons (Fsp3) is 0.208. The van der Waals surface area contributed by atoms with E-state index in [1.54, 1.807) is 42.5 Å². The van der Waals surface area contributed by atoms with E-state index in [1.165, 1.54) is 12.1 Å². The molecule has 0 bridgehead atoms. The maximum absolute atomic E-state index is 13.3. The van der Waals surface area contributed by atoms with Gasteiger partial charge in [0.15, 0.2) is 0 Å². The van der Waals surface area contributed by atoms with Crippen molar-refractivity contribution >= 4 is 37.5 Å². The quantitative estimate of drug-likeness (QED) is 0.437. The van der Waals surface area contributed by atoms with Crippen LogP contribution in [0.3, 0.4) is 0 Å². The number of hydrogen-bond acceptors (Lipinski definition) is 4. The summed E-state index contributed by atoms with van der Waals surface area (Å²) in [5, 5.41) is 2.89. The zero-order valence-electron chi connectivity index (χ0n) is 17.9. The van der Waals surface area contributed by atoms with Crippen molar-refractivity contribution in [2.45, 2.75) is 24.8 Å². The maximum Gasteiger partial charge on any atom is 0.264 e. The van der Waals surface area contributed by atoms with Crippen molar-refractivity contribution in [2.75, 3.05) is 17.5 Å². The predicted octanol–water partition coefficient (Wildman–Crippen LogP) is 4.92. The zero-order valence-corrected chi connectivity index (χ0v) is 20.3. The maximum atomic E-state index is 13.3. The number of anilines is 1. The Morgan fingerprint density at radius 2 is 1.62 bits per heavy atom. The molecule has 0 saturated carbocycles. The van der Waals surface area contributed by atoms with E-state index in [9.17, 15) is 13.2 Å². The SMILES string of the molecule is CCOc1ccc(C(C)NC(=O)CN(c2ccc(Br)cc2)S(=O)(=O)c2ccccc2)cc1. The molecule has 1 atom stereocenters. The first-order valence-corrected chi connectivity index (χ1v) is 12.4. The number of nitrogens with one attached hydrogen (secondary N) is 1. The Morgan fingerprint density at radius 1 is 1.00 bits per heavy atom. The second kappa shape index (κ2) is 10.7. The molecule has 0 fully saturated rings. The molecule has 0 saturated heterocycles. The summed E-state index contributed by atoms with van der Waals surface area (Å²) in [6.07, 6.45) is 0. The smallest absolute Gasteiger partial charge is 0.264 e. The number of rotatable bonds is 9. The molecule has 1 unspecified atom stereocenters. The van der Waals surface area contributed by atoms with Gasteiger partial charge in [-0.05, 0) is 67.9 Å². The lowest BCUT2D eigenvalue weighted by atomic mass is 10.1. The van der Waals surface area contributed by atoms with Crippen LogP contribution in [-0.4, -0.2) is 27.5 Å². The third-order valence-electron chi connectivity index (χ3n) is 4.80. The number of carbonyl (C=O) groups is 1. The summed E-state index contributed by atoms with van der Waals surface area (Å²) in [5.74, 6) is 0.346. The second-order valence-corrected chi connectivity index (χ2v) is 9.87. The number of amides is 1. The van der Waals surface area contributed by atoms with Crippen LogP contribution in [0.25, 0.3) is 0 Å². The summed E-state index contributed by atoms with van der Waals surface area (Å²) >= 11 is 3.36. The molecular weight excluding hydrogens is 492 g/mol. The van der Waals surface area contributed by atoms with Gasteiger partial charge in [0.05, 0.1) is 23.2 Å². The first-order valence-electron chi connectivity index (χ1n) is 10.2. The van der Waals surface area contributed by atoms with E-state index in [-0.39, 0.29) is 17.5 Å². The molecule has 0 radical (unpaired) electrons. The minimum Gasteiger partial charge on any atom is -0.494 e. The van der Waals surface area contributed by atoms with Crippen molar-refractivity contribution < 1.29 is 17.9 Å². The highest BCUT2D eigenvalue weighted by Gasteiger charge is 2.27. The molecule has 0 aromatic heterocycles. The fourth-order valence-corrected chi connectivity index (χ4v) is 4.87. The highest BCUT2D eigenvalue weighted by Crippen LogP contribution is 2.25. The van der Waals surface area contributed by atoms with Crippen LogP contribution < -0.4 is 14.4 Å². The molecule has 168 valence electrons. The average Bonchev–Trinajstić information content (AvgIpc) is 2.79. The number of ether oxygens (including phenoxy) is 1. The van der Waals surface area contributed by atoms with E-state index >= 15 is 0 Å². The molecule has 3 aromatic rings. The van der Waals surface area contributed by atoms with Gasteiger partial charge in [0, 0.05) is 4.47 Å². The number of hydrogen-bond donors (Lipinski definition) is 1. The largest absolute Gasteiger partial charge is 0.494 e. The summed E-state index contributed by atoms with van der Waals surface area (Å²) in [5.41, 5.74) is 1.30. The highest BCUT2D eigenvalue weighted by molar-refractivity contribution is 9.10. The molecule has 0 aliphatic carbocycles. The monoisotopic (exact) mass is 516 g/mol. The third-order valence-corrected chi connectivity index (χ3v) is 7.12. The van der Waals surface area contributed by atoms with Crippen LogP contribution in [0.1, 0.15) is 25.5 Å². The van der Waals surface area contributed by atoms with E-state index in [4.69, 9.17) is 4.74 Å². The van der Waals surface area contributed by atoms with Gasteiger partial charge in [-0.25, -0.2) is 8.42 Å². The summed E-state index contributed by atoms with van der Waals surface area (Å²) < 4.78 is 34.0. The Bertz CT molecular complexity index is 1130. The van der Waals surface area contributed by atoms with Crippen LogP contribution in [0, 0.1) is 0 Å². The van der Waals surface area contributed by atoms with Crippen molar-refractivity contribution in [3.63, 3.8) is 0 Å². The van der Waals surface area contributed by atoms with Gasteiger partial charge in [0.2, 0.25) is 5.91 Å².